The van der Waals surface area contributed by atoms with Gasteiger partial charge in [0.1, 0.15) is 35.4 Å². The number of carbonyl (C=O) groups is 2. The van der Waals surface area contributed by atoms with E-state index in [2.05, 4.69) is 5.32 Å². The van der Waals surface area contributed by atoms with Gasteiger partial charge in [-0.1, -0.05) is 6.07 Å². The van der Waals surface area contributed by atoms with Gasteiger partial charge in [-0.25, -0.2) is 13.6 Å². The van der Waals surface area contributed by atoms with Crippen LogP contribution in [-0.4, -0.2) is 51.1 Å². The molecule has 11 heteroatoms. The number of fused-ring (bicyclic) bond motifs is 2. The fraction of sp³-hybridized carbons (Fsp3) is 0.448. The Kier molecular flexibility index (Phi) is 8.27. The molecule has 4 rings (SSSR count). The van der Waals surface area contributed by atoms with E-state index in [1.807, 2.05) is 12.1 Å². The van der Waals surface area contributed by atoms with Crippen molar-refractivity contribution in [2.75, 3.05) is 6.26 Å². The van der Waals surface area contributed by atoms with Crippen molar-refractivity contribution in [1.82, 2.24) is 10.2 Å². The number of hydrogen-bond donors (Lipinski definition) is 1. The Bertz CT molecular complexity index is 1440. The van der Waals surface area contributed by atoms with Crippen molar-refractivity contribution < 1.29 is 27.3 Å². The predicted octanol–water partition coefficient (Wildman–Crippen LogP) is 4.58. The summed E-state index contributed by atoms with van der Waals surface area (Å²) in [4.78, 5) is 27.8. The SMILES string of the molecule is CS(=O)c1cc(-c2cc(F)c(CC(C#N)NC(=O)[C@@H]3[C@H]4CC[C@H](C4)N3C(=O)OC(C)(C)C)c(F)c2)ccc1C#N. The molecule has 40 heavy (non-hydrogen) atoms. The second kappa shape index (κ2) is 11.3. The van der Waals surface area contributed by atoms with E-state index in [0.29, 0.717) is 12.0 Å². The Morgan fingerprint density at radius 1 is 1.15 bits per heavy atom. The molecular weight excluding hydrogens is 538 g/mol. The Labute approximate surface area is 234 Å². The molecule has 1 saturated heterocycles. The van der Waals surface area contributed by atoms with Gasteiger partial charge in [-0.05, 0) is 81.3 Å². The zero-order valence-corrected chi connectivity index (χ0v) is 23.5. The first-order valence-electron chi connectivity index (χ1n) is 12.9. The molecule has 1 aliphatic heterocycles. The van der Waals surface area contributed by atoms with E-state index >= 15 is 8.78 Å². The third-order valence-electron chi connectivity index (χ3n) is 7.22. The average molecular weight is 569 g/mol. The topological polar surface area (TPSA) is 123 Å². The lowest BCUT2D eigenvalue weighted by Gasteiger charge is -2.35. The number of nitrogens with zero attached hydrogens (tertiary/aromatic N) is 3. The zero-order valence-electron chi connectivity index (χ0n) is 22.7. The van der Waals surface area contributed by atoms with E-state index in [1.165, 1.54) is 29.4 Å². The van der Waals surface area contributed by atoms with Gasteiger partial charge in [-0.3, -0.25) is 13.9 Å². The number of nitrogens with one attached hydrogen (secondary N) is 1. The largest absolute Gasteiger partial charge is 0.444 e. The highest BCUT2D eigenvalue weighted by Crippen LogP contribution is 2.43. The normalized spacial score (nSPS) is 21.3. The van der Waals surface area contributed by atoms with Gasteiger partial charge in [0, 0.05) is 24.3 Å². The fourth-order valence-corrected chi connectivity index (χ4v) is 6.21. The molecule has 2 aromatic carbocycles. The number of nitriles is 2. The molecule has 8 nitrogen and oxygen atoms in total. The summed E-state index contributed by atoms with van der Waals surface area (Å²) in [7, 11) is -1.49. The quantitative estimate of drug-likeness (QED) is 0.544. The summed E-state index contributed by atoms with van der Waals surface area (Å²) in [6.07, 6.45) is 2.55. The molecule has 2 bridgehead atoms. The van der Waals surface area contributed by atoms with Crippen molar-refractivity contribution >= 4 is 22.8 Å². The molecule has 2 fully saturated rings. The van der Waals surface area contributed by atoms with Gasteiger partial charge in [-0.15, -0.1) is 0 Å². The number of benzene rings is 2. The number of likely N-dealkylation sites (tertiary alicyclic amines) is 1. The van der Waals surface area contributed by atoms with Gasteiger partial charge >= 0.3 is 6.09 Å². The van der Waals surface area contributed by atoms with Gasteiger partial charge in [0.05, 0.1) is 27.3 Å². The van der Waals surface area contributed by atoms with Gasteiger partial charge < -0.3 is 10.1 Å². The van der Waals surface area contributed by atoms with Crippen molar-refractivity contribution in [2.24, 2.45) is 5.92 Å². The molecule has 0 aromatic heterocycles. The minimum absolute atomic E-state index is 0.0839. The number of ether oxygens (including phenoxy) is 1. The number of rotatable bonds is 6. The molecule has 2 amide bonds. The van der Waals surface area contributed by atoms with Crippen LogP contribution in [0.3, 0.4) is 0 Å². The van der Waals surface area contributed by atoms with E-state index in [0.717, 1.165) is 25.0 Å². The number of halogens is 2. The molecule has 1 N–H and O–H groups in total. The van der Waals surface area contributed by atoms with Crippen LogP contribution < -0.4 is 5.32 Å². The van der Waals surface area contributed by atoms with Gasteiger partial charge in [-0.2, -0.15) is 10.5 Å². The highest BCUT2D eigenvalue weighted by Gasteiger charge is 2.52. The van der Waals surface area contributed by atoms with Crippen LogP contribution >= 0.6 is 0 Å². The maximum Gasteiger partial charge on any atom is 0.411 e. The van der Waals surface area contributed by atoms with Gasteiger partial charge in [0.25, 0.3) is 0 Å². The lowest BCUT2D eigenvalue weighted by molar-refractivity contribution is -0.128. The number of hydrogen-bond acceptors (Lipinski definition) is 6. The third-order valence-corrected chi connectivity index (χ3v) is 8.18. The second-order valence-corrected chi connectivity index (χ2v) is 12.5. The van der Waals surface area contributed by atoms with E-state index in [9.17, 15) is 24.3 Å². The van der Waals surface area contributed by atoms with E-state index in [4.69, 9.17) is 4.74 Å². The van der Waals surface area contributed by atoms with Gasteiger partial charge in [0.15, 0.2) is 0 Å². The molecule has 210 valence electrons. The van der Waals surface area contributed by atoms with Crippen molar-refractivity contribution in [3.05, 3.63) is 53.1 Å². The molecular formula is C29H30F2N4O4S. The zero-order chi connectivity index (χ0) is 29.4. The first kappa shape index (κ1) is 29.2. The van der Waals surface area contributed by atoms with Crippen molar-refractivity contribution in [2.45, 2.75) is 75.1 Å². The lowest BCUT2D eigenvalue weighted by Crippen LogP contribution is -2.55. The highest BCUT2D eigenvalue weighted by molar-refractivity contribution is 7.84. The van der Waals surface area contributed by atoms with Crippen LogP contribution in [0.2, 0.25) is 0 Å². The number of carbonyl (C=O) groups excluding carboxylic acids is 2. The summed E-state index contributed by atoms with van der Waals surface area (Å²) >= 11 is 0. The van der Waals surface area contributed by atoms with Gasteiger partial charge in [0.2, 0.25) is 5.91 Å². The number of amides is 2. The van der Waals surface area contributed by atoms with Crippen LogP contribution in [0, 0.1) is 40.2 Å². The molecule has 1 saturated carbocycles. The van der Waals surface area contributed by atoms with Crippen LogP contribution in [-0.2, 0) is 26.8 Å². The first-order chi connectivity index (χ1) is 18.8. The molecule has 0 radical (unpaired) electrons. The van der Waals surface area contributed by atoms with Crippen LogP contribution in [0.1, 0.15) is 51.2 Å². The van der Waals surface area contributed by atoms with E-state index in [1.54, 1.807) is 20.8 Å². The Morgan fingerprint density at radius 2 is 1.82 bits per heavy atom. The lowest BCUT2D eigenvalue weighted by atomic mass is 9.96. The van der Waals surface area contributed by atoms with Crippen molar-refractivity contribution in [1.29, 1.82) is 10.5 Å². The average Bonchev–Trinajstić information content (AvgIpc) is 3.50. The summed E-state index contributed by atoms with van der Waals surface area (Å²) in [5, 5.41) is 21.5. The molecule has 5 atom stereocenters. The first-order valence-corrected chi connectivity index (χ1v) is 14.5. The third kappa shape index (κ3) is 6.00. The van der Waals surface area contributed by atoms with Crippen molar-refractivity contribution in [3.8, 4) is 23.3 Å². The summed E-state index contributed by atoms with van der Waals surface area (Å²) in [6.45, 7) is 5.21. The minimum atomic E-state index is -1.49. The minimum Gasteiger partial charge on any atom is -0.444 e. The monoisotopic (exact) mass is 568 g/mol. The van der Waals surface area contributed by atoms with Crippen LogP contribution in [0.4, 0.5) is 13.6 Å². The Balaban J connectivity index is 1.52. The number of piperidine rings is 1. The standard InChI is InChI=1S/C29H30F2N4O4S/c1-29(2,3)39-28(37)35-21-8-7-17(9-21)26(35)27(36)34-20(15-33)13-22-23(30)10-19(11-24(22)31)16-5-6-18(14-32)25(12-16)40(4)38/h5-6,10-12,17,20-21,26H,7-9,13H2,1-4H3,(H,34,36)/t17-,20?,21+,26-,40?/m0/s1. The van der Waals surface area contributed by atoms with E-state index < -0.39 is 58.5 Å². The highest BCUT2D eigenvalue weighted by atomic mass is 32.2. The summed E-state index contributed by atoms with van der Waals surface area (Å²) < 4.78 is 47.8. The summed E-state index contributed by atoms with van der Waals surface area (Å²) in [6, 6.07) is 8.23. The molecule has 1 aliphatic carbocycles. The Morgan fingerprint density at radius 3 is 2.40 bits per heavy atom. The molecule has 1 heterocycles. The molecule has 2 aliphatic rings. The van der Waals surface area contributed by atoms with Crippen LogP contribution in [0.25, 0.3) is 11.1 Å². The molecule has 2 aromatic rings. The molecule has 2 unspecified atom stereocenters. The van der Waals surface area contributed by atoms with Crippen LogP contribution in [0.5, 0.6) is 0 Å². The molecule has 0 spiro atoms. The van der Waals surface area contributed by atoms with Crippen molar-refractivity contribution in [3.63, 3.8) is 0 Å². The maximum atomic E-state index is 15.1. The fourth-order valence-electron chi connectivity index (χ4n) is 5.49. The summed E-state index contributed by atoms with van der Waals surface area (Å²) in [5.41, 5.74) is -0.376. The Hall–Kier alpha value is -3.83. The smallest absolute Gasteiger partial charge is 0.411 e. The maximum absolute atomic E-state index is 15.1. The summed E-state index contributed by atoms with van der Waals surface area (Å²) in [5.74, 6) is -2.47. The van der Waals surface area contributed by atoms with E-state index in [-0.39, 0.29) is 33.5 Å². The predicted molar refractivity (Wildman–Crippen MR) is 143 cm³/mol. The second-order valence-electron chi connectivity index (χ2n) is 11.1. The van der Waals surface area contributed by atoms with Crippen LogP contribution in [0.15, 0.2) is 35.2 Å².